The molecule has 1 amide bonds. The fraction of sp³-hybridized carbons (Fsp3) is 0.0500. The number of hydrogen-bond donors (Lipinski definition) is 3. The van der Waals surface area contributed by atoms with E-state index in [1.54, 1.807) is 12.1 Å². The molecule has 0 aliphatic carbocycles. The number of nitrogens with one attached hydrogen (secondary N) is 1. The van der Waals surface area contributed by atoms with Crippen molar-refractivity contribution in [1.82, 2.24) is 0 Å². The average Bonchev–Trinajstić information content (AvgIpc) is 2.59. The summed E-state index contributed by atoms with van der Waals surface area (Å²) in [6, 6.07) is 21.7. The molecule has 0 heterocycles. The molecule has 0 aliphatic heterocycles. The maximum Gasteiger partial charge on any atom is 0.255 e. The zero-order chi connectivity index (χ0) is 16.9. The van der Waals surface area contributed by atoms with E-state index in [9.17, 15) is 9.90 Å². The van der Waals surface area contributed by atoms with Crippen molar-refractivity contribution in [2.45, 2.75) is 6.42 Å². The van der Waals surface area contributed by atoms with Crippen LogP contribution in [0.25, 0.3) is 0 Å². The summed E-state index contributed by atoms with van der Waals surface area (Å²) >= 11 is 0. The molecule has 0 unspecified atom stereocenters. The first kappa shape index (κ1) is 15.6. The summed E-state index contributed by atoms with van der Waals surface area (Å²) in [6.07, 6.45) is 0.812. The summed E-state index contributed by atoms with van der Waals surface area (Å²) in [5.41, 5.74) is 10.0. The molecule has 120 valence electrons. The monoisotopic (exact) mass is 318 g/mol. The summed E-state index contributed by atoms with van der Waals surface area (Å²) in [5, 5.41) is 12.1. The zero-order valence-electron chi connectivity index (χ0n) is 13.1. The molecule has 4 heteroatoms. The van der Waals surface area contributed by atoms with Gasteiger partial charge in [-0.25, -0.2) is 0 Å². The van der Waals surface area contributed by atoms with Crippen LogP contribution in [0.1, 0.15) is 21.5 Å². The highest BCUT2D eigenvalue weighted by Crippen LogP contribution is 2.16. The van der Waals surface area contributed by atoms with E-state index >= 15 is 0 Å². The predicted octanol–water partition coefficient (Wildman–Crippen LogP) is 3.82. The Bertz CT molecular complexity index is 823. The van der Waals surface area contributed by atoms with Crippen molar-refractivity contribution in [3.05, 3.63) is 89.5 Å². The maximum atomic E-state index is 12.1. The molecule has 0 spiro atoms. The van der Waals surface area contributed by atoms with Crippen molar-refractivity contribution >= 4 is 17.3 Å². The minimum atomic E-state index is -0.207. The highest BCUT2D eigenvalue weighted by Gasteiger charge is 2.06. The molecule has 0 bridgehead atoms. The smallest absolute Gasteiger partial charge is 0.255 e. The van der Waals surface area contributed by atoms with E-state index in [1.807, 2.05) is 48.5 Å². The Hall–Kier alpha value is -3.27. The Morgan fingerprint density at radius 3 is 1.96 bits per heavy atom. The molecule has 0 aromatic heterocycles. The first-order valence-electron chi connectivity index (χ1n) is 7.64. The van der Waals surface area contributed by atoms with Crippen LogP contribution in [0.2, 0.25) is 0 Å². The van der Waals surface area contributed by atoms with Gasteiger partial charge in [-0.1, -0.05) is 24.3 Å². The quantitative estimate of drug-likeness (QED) is 0.640. The second-order valence-electron chi connectivity index (χ2n) is 5.62. The average molecular weight is 318 g/mol. The van der Waals surface area contributed by atoms with Gasteiger partial charge < -0.3 is 16.2 Å². The molecular weight excluding hydrogens is 300 g/mol. The lowest BCUT2D eigenvalue weighted by atomic mass is 10.0. The Morgan fingerprint density at radius 2 is 1.38 bits per heavy atom. The Kier molecular flexibility index (Phi) is 4.47. The van der Waals surface area contributed by atoms with Gasteiger partial charge in [0, 0.05) is 16.9 Å². The van der Waals surface area contributed by atoms with Gasteiger partial charge in [-0.3, -0.25) is 4.79 Å². The number of nitrogens with two attached hydrogens (primary N) is 1. The molecule has 0 fully saturated rings. The molecule has 3 aromatic rings. The van der Waals surface area contributed by atoms with Crippen molar-refractivity contribution < 1.29 is 9.90 Å². The van der Waals surface area contributed by atoms with E-state index < -0.39 is 0 Å². The molecule has 3 aromatic carbocycles. The minimum absolute atomic E-state index is 0.138. The number of anilines is 2. The van der Waals surface area contributed by atoms with Gasteiger partial charge in [0.1, 0.15) is 5.75 Å². The summed E-state index contributed by atoms with van der Waals surface area (Å²) in [5.74, 6) is -0.0696. The number of amides is 1. The molecule has 0 radical (unpaired) electrons. The first-order valence-corrected chi connectivity index (χ1v) is 7.64. The maximum absolute atomic E-state index is 12.1. The third-order valence-electron chi connectivity index (χ3n) is 3.73. The van der Waals surface area contributed by atoms with Gasteiger partial charge in [0.25, 0.3) is 5.91 Å². The zero-order valence-corrected chi connectivity index (χ0v) is 13.1. The van der Waals surface area contributed by atoms with Gasteiger partial charge in [-0.15, -0.1) is 0 Å². The predicted molar refractivity (Wildman–Crippen MR) is 96.2 cm³/mol. The van der Waals surface area contributed by atoms with Gasteiger partial charge in [-0.2, -0.15) is 0 Å². The van der Waals surface area contributed by atoms with Crippen LogP contribution in [-0.2, 0) is 6.42 Å². The molecule has 0 saturated carbocycles. The fourth-order valence-electron chi connectivity index (χ4n) is 2.39. The number of phenolic OH excluding ortho intramolecular Hbond substituents is 1. The van der Waals surface area contributed by atoms with Crippen LogP contribution in [-0.4, -0.2) is 11.0 Å². The lowest BCUT2D eigenvalue weighted by Crippen LogP contribution is -2.11. The van der Waals surface area contributed by atoms with Crippen molar-refractivity contribution in [3.8, 4) is 5.75 Å². The van der Waals surface area contributed by atoms with Gasteiger partial charge in [0.2, 0.25) is 0 Å². The van der Waals surface area contributed by atoms with Crippen LogP contribution in [0.15, 0.2) is 72.8 Å². The van der Waals surface area contributed by atoms with Gasteiger partial charge in [0.15, 0.2) is 0 Å². The van der Waals surface area contributed by atoms with Gasteiger partial charge in [-0.05, 0) is 66.1 Å². The molecule has 0 atom stereocenters. The third-order valence-corrected chi connectivity index (χ3v) is 3.73. The summed E-state index contributed by atoms with van der Waals surface area (Å²) in [7, 11) is 0. The molecular formula is C20H18N2O2. The van der Waals surface area contributed by atoms with Crippen LogP contribution in [0.5, 0.6) is 5.75 Å². The van der Waals surface area contributed by atoms with Crippen molar-refractivity contribution in [1.29, 1.82) is 0 Å². The van der Waals surface area contributed by atoms with Crippen LogP contribution in [0, 0.1) is 0 Å². The van der Waals surface area contributed by atoms with Crippen molar-refractivity contribution in [2.24, 2.45) is 0 Å². The number of aromatic hydroxyl groups is 1. The van der Waals surface area contributed by atoms with Gasteiger partial charge in [0.05, 0.1) is 0 Å². The van der Waals surface area contributed by atoms with Crippen molar-refractivity contribution in [3.63, 3.8) is 0 Å². The Balaban J connectivity index is 1.64. The number of carbonyl (C=O) groups is 1. The second kappa shape index (κ2) is 6.87. The lowest BCUT2D eigenvalue weighted by molar-refractivity contribution is 0.102. The first-order chi connectivity index (χ1) is 11.6. The van der Waals surface area contributed by atoms with E-state index in [1.165, 1.54) is 17.7 Å². The number of hydrogen-bond acceptors (Lipinski definition) is 3. The Morgan fingerprint density at radius 1 is 0.833 bits per heavy atom. The lowest BCUT2D eigenvalue weighted by Gasteiger charge is -2.07. The molecule has 4 nitrogen and oxygen atoms in total. The topological polar surface area (TPSA) is 75.3 Å². The van der Waals surface area contributed by atoms with E-state index in [0.717, 1.165) is 23.4 Å². The summed E-state index contributed by atoms with van der Waals surface area (Å²) < 4.78 is 0. The van der Waals surface area contributed by atoms with Crippen LogP contribution >= 0.6 is 0 Å². The van der Waals surface area contributed by atoms with E-state index in [4.69, 9.17) is 5.73 Å². The van der Waals surface area contributed by atoms with Crippen molar-refractivity contribution in [2.75, 3.05) is 11.1 Å². The standard InChI is InChI=1S/C20H18N2O2/c21-17-7-1-14(2-8-17)13-15-3-9-18(10-4-15)22-20(24)16-5-11-19(23)12-6-16/h1-12,23H,13,21H2,(H,22,24). The van der Waals surface area contributed by atoms with Gasteiger partial charge >= 0.3 is 0 Å². The Labute approximate surface area is 140 Å². The van der Waals surface area contributed by atoms with Crippen LogP contribution in [0.4, 0.5) is 11.4 Å². The largest absolute Gasteiger partial charge is 0.508 e. The van der Waals surface area contributed by atoms with Crippen LogP contribution < -0.4 is 11.1 Å². The van der Waals surface area contributed by atoms with E-state index in [0.29, 0.717) is 5.56 Å². The number of benzene rings is 3. The number of carbonyl (C=O) groups excluding carboxylic acids is 1. The normalized spacial score (nSPS) is 10.3. The van der Waals surface area contributed by atoms with E-state index in [2.05, 4.69) is 5.32 Å². The highest BCUT2D eigenvalue weighted by atomic mass is 16.3. The molecule has 24 heavy (non-hydrogen) atoms. The fourth-order valence-corrected chi connectivity index (χ4v) is 2.39. The van der Waals surface area contributed by atoms with E-state index in [-0.39, 0.29) is 11.7 Å². The summed E-state index contributed by atoms with van der Waals surface area (Å²) in [6.45, 7) is 0. The molecule has 3 rings (SSSR count). The number of phenols is 1. The highest BCUT2D eigenvalue weighted by molar-refractivity contribution is 6.04. The summed E-state index contributed by atoms with van der Waals surface area (Å²) in [4.78, 5) is 12.1. The molecule has 4 N–H and O–H groups in total. The SMILES string of the molecule is Nc1ccc(Cc2ccc(NC(=O)c3ccc(O)cc3)cc2)cc1. The molecule has 0 aliphatic rings. The second-order valence-corrected chi connectivity index (χ2v) is 5.62. The number of nitrogen functional groups attached to an aromatic ring is 1. The third kappa shape index (κ3) is 3.93. The van der Waals surface area contributed by atoms with Crippen LogP contribution in [0.3, 0.4) is 0 Å². The minimum Gasteiger partial charge on any atom is -0.508 e. The molecule has 0 saturated heterocycles. The number of rotatable bonds is 4.